The number of nitrogen functional groups attached to an aromatic ring is 1. The average molecular weight is 564 g/mol. The molecule has 1 aliphatic heterocycles. The maximum atomic E-state index is 13.8. The van der Waals surface area contributed by atoms with Crippen LogP contribution in [0.1, 0.15) is 12.5 Å². The van der Waals surface area contributed by atoms with Crippen LogP contribution in [-0.4, -0.2) is 83.6 Å². The first kappa shape index (κ1) is 28.4. The molecule has 2 N–H and O–H groups in total. The van der Waals surface area contributed by atoms with Gasteiger partial charge in [0.25, 0.3) is 0 Å². The zero-order chi connectivity index (χ0) is 28.5. The molecule has 39 heavy (non-hydrogen) atoms. The molecular weight excluding hydrogens is 535 g/mol. The van der Waals surface area contributed by atoms with Crippen LogP contribution in [0.5, 0.6) is 6.01 Å². The monoisotopic (exact) mass is 563 g/mol. The topological polar surface area (TPSA) is 101 Å². The Bertz CT molecular complexity index is 1390. The third-order valence-electron chi connectivity index (χ3n) is 6.22. The predicted octanol–water partition coefficient (Wildman–Crippen LogP) is 4.11. The molecule has 3 heterocycles. The third kappa shape index (κ3) is 6.34. The Balaban J connectivity index is 1.84. The number of aromatic nitrogens is 3. The van der Waals surface area contributed by atoms with Crippen molar-refractivity contribution in [1.29, 1.82) is 0 Å². The molecule has 1 fully saturated rings. The summed E-state index contributed by atoms with van der Waals surface area (Å²) in [5, 5.41) is 0.559. The fourth-order valence-electron chi connectivity index (χ4n) is 4.49. The Labute approximate surface area is 229 Å². The van der Waals surface area contributed by atoms with E-state index in [2.05, 4.69) is 21.5 Å². The van der Waals surface area contributed by atoms with E-state index in [4.69, 9.17) is 22.1 Å². The fraction of sp³-hybridized carbons (Fsp3) is 0.385. The van der Waals surface area contributed by atoms with Crippen LogP contribution < -0.4 is 15.4 Å². The van der Waals surface area contributed by atoms with Crippen molar-refractivity contribution in [2.24, 2.45) is 0 Å². The van der Waals surface area contributed by atoms with E-state index in [0.717, 1.165) is 12.1 Å². The molecule has 1 aliphatic rings. The predicted molar refractivity (Wildman–Crippen MR) is 145 cm³/mol. The number of rotatable bonds is 7. The molecule has 1 aromatic carbocycles. The zero-order valence-electron chi connectivity index (χ0n) is 21.8. The number of nitrogens with two attached hydrogens (primary N) is 1. The van der Waals surface area contributed by atoms with Crippen LogP contribution in [0.25, 0.3) is 22.2 Å². The molecule has 1 atom stereocenters. The number of amides is 1. The minimum absolute atomic E-state index is 0.0298. The second kappa shape index (κ2) is 11.2. The summed E-state index contributed by atoms with van der Waals surface area (Å²) in [4.78, 5) is 30.8. The van der Waals surface area contributed by atoms with Gasteiger partial charge in [0, 0.05) is 43.7 Å². The molecule has 1 saturated heterocycles. The molecule has 1 unspecified atom stereocenters. The van der Waals surface area contributed by atoms with Crippen molar-refractivity contribution in [3.8, 4) is 17.3 Å². The number of ether oxygens (including phenoxy) is 1. The molecule has 4 rings (SSSR count). The van der Waals surface area contributed by atoms with Crippen molar-refractivity contribution in [3.63, 3.8) is 0 Å². The Kier molecular flexibility index (Phi) is 8.17. The molecule has 1 amide bonds. The first-order valence-corrected chi connectivity index (χ1v) is 12.6. The largest absolute Gasteiger partial charge is 0.459 e. The minimum Gasteiger partial charge on any atom is -0.459 e. The summed E-state index contributed by atoms with van der Waals surface area (Å²) in [6, 6.07) is 5.02. The van der Waals surface area contributed by atoms with E-state index < -0.39 is 17.4 Å². The van der Waals surface area contributed by atoms with Crippen LogP contribution in [-0.2, 0) is 11.0 Å². The van der Waals surface area contributed by atoms with Gasteiger partial charge in [-0.2, -0.15) is 23.1 Å². The summed E-state index contributed by atoms with van der Waals surface area (Å²) in [5.74, 6) is 0.264. The SMILES string of the molecule is C=CC(=O)N1CCN(c2nc(OC(C)CN(C)C)nc3cc(-c4nc(N)ccc4C(F)(F)F)c(Cl)cc23)CC1. The second-order valence-electron chi connectivity index (χ2n) is 9.52. The van der Waals surface area contributed by atoms with E-state index in [1.54, 1.807) is 4.90 Å². The van der Waals surface area contributed by atoms with Gasteiger partial charge < -0.3 is 25.2 Å². The van der Waals surface area contributed by atoms with Crippen LogP contribution >= 0.6 is 11.6 Å². The summed E-state index contributed by atoms with van der Waals surface area (Å²) in [5.41, 5.74) is 4.74. The molecule has 0 spiro atoms. The van der Waals surface area contributed by atoms with Gasteiger partial charge in [-0.3, -0.25) is 4.79 Å². The summed E-state index contributed by atoms with van der Waals surface area (Å²) in [7, 11) is 3.81. The molecule has 2 aromatic heterocycles. The summed E-state index contributed by atoms with van der Waals surface area (Å²) < 4.78 is 47.5. The van der Waals surface area contributed by atoms with Gasteiger partial charge in [-0.05, 0) is 51.4 Å². The maximum Gasteiger partial charge on any atom is 0.418 e. The van der Waals surface area contributed by atoms with Crippen LogP contribution in [0.15, 0.2) is 36.9 Å². The van der Waals surface area contributed by atoms with E-state index in [1.165, 1.54) is 18.2 Å². The summed E-state index contributed by atoms with van der Waals surface area (Å²) in [6.07, 6.45) is -3.68. The normalized spacial score (nSPS) is 15.1. The van der Waals surface area contributed by atoms with Crippen molar-refractivity contribution >= 4 is 40.0 Å². The van der Waals surface area contributed by atoms with Gasteiger partial charge in [0.1, 0.15) is 17.7 Å². The zero-order valence-corrected chi connectivity index (χ0v) is 22.6. The highest BCUT2D eigenvalue weighted by Crippen LogP contribution is 2.41. The number of likely N-dealkylation sites (N-methyl/N-ethyl adjacent to an activating group) is 1. The Morgan fingerprint density at radius 1 is 1.21 bits per heavy atom. The van der Waals surface area contributed by atoms with Crippen molar-refractivity contribution in [2.45, 2.75) is 19.2 Å². The van der Waals surface area contributed by atoms with Gasteiger partial charge in [-0.15, -0.1) is 0 Å². The van der Waals surface area contributed by atoms with E-state index in [9.17, 15) is 18.0 Å². The number of nitrogens with zero attached hydrogens (tertiary/aromatic N) is 6. The van der Waals surface area contributed by atoms with Gasteiger partial charge in [0.15, 0.2) is 0 Å². The minimum atomic E-state index is -4.68. The first-order chi connectivity index (χ1) is 18.4. The Morgan fingerprint density at radius 2 is 1.90 bits per heavy atom. The molecule has 0 bridgehead atoms. The number of anilines is 2. The summed E-state index contributed by atoms with van der Waals surface area (Å²) >= 11 is 6.57. The van der Waals surface area contributed by atoms with Gasteiger partial charge in [-0.25, -0.2) is 4.98 Å². The molecule has 0 aliphatic carbocycles. The number of hydrogen-bond acceptors (Lipinski definition) is 8. The standard InChI is InChI=1S/C26H29ClF3N7O2/c1-5-22(38)36-8-10-37(11-9-36)24-17-12-19(27)16(23-18(26(28,29)30)6-7-21(31)33-23)13-20(17)32-25(34-24)39-15(2)14-35(3)4/h5-7,12-13,15H,1,8-11,14H2,2-4H3,(H2,31,33). The van der Waals surface area contributed by atoms with Crippen molar-refractivity contribution in [1.82, 2.24) is 24.8 Å². The van der Waals surface area contributed by atoms with Gasteiger partial charge in [0.2, 0.25) is 5.91 Å². The van der Waals surface area contributed by atoms with Gasteiger partial charge in [-0.1, -0.05) is 18.2 Å². The Hall–Kier alpha value is -3.64. The number of alkyl halides is 3. The number of benzene rings is 1. The molecule has 0 radical (unpaired) electrons. The number of carbonyl (C=O) groups is 1. The molecule has 13 heteroatoms. The number of hydrogen-bond donors (Lipinski definition) is 1. The molecule has 0 saturated carbocycles. The van der Waals surface area contributed by atoms with E-state index in [-0.39, 0.29) is 34.4 Å². The van der Waals surface area contributed by atoms with Gasteiger partial charge in [0.05, 0.1) is 21.8 Å². The van der Waals surface area contributed by atoms with E-state index in [1.807, 2.05) is 30.8 Å². The number of halogens is 4. The molecule has 3 aromatic rings. The fourth-order valence-corrected chi connectivity index (χ4v) is 4.75. The maximum absolute atomic E-state index is 13.8. The third-order valence-corrected chi connectivity index (χ3v) is 6.53. The lowest BCUT2D eigenvalue weighted by molar-refractivity contribution is -0.137. The molecule has 208 valence electrons. The quantitative estimate of drug-likeness (QED) is 0.429. The van der Waals surface area contributed by atoms with Crippen LogP contribution in [0.3, 0.4) is 0 Å². The van der Waals surface area contributed by atoms with Crippen LogP contribution in [0, 0.1) is 0 Å². The Morgan fingerprint density at radius 3 is 2.51 bits per heavy atom. The number of piperazine rings is 1. The number of carbonyl (C=O) groups excluding carboxylic acids is 1. The van der Waals surface area contributed by atoms with Crippen LogP contribution in [0.4, 0.5) is 24.8 Å². The lowest BCUT2D eigenvalue weighted by Gasteiger charge is -2.35. The first-order valence-electron chi connectivity index (χ1n) is 12.2. The van der Waals surface area contributed by atoms with Crippen molar-refractivity contribution in [3.05, 3.63) is 47.5 Å². The van der Waals surface area contributed by atoms with Crippen molar-refractivity contribution < 1.29 is 22.7 Å². The lowest BCUT2D eigenvalue weighted by Crippen LogP contribution is -2.48. The molecular formula is C26H29ClF3N7O2. The van der Waals surface area contributed by atoms with E-state index in [0.29, 0.717) is 49.4 Å². The van der Waals surface area contributed by atoms with Gasteiger partial charge >= 0.3 is 12.2 Å². The second-order valence-corrected chi connectivity index (χ2v) is 9.92. The molecule has 9 nitrogen and oxygen atoms in total. The highest BCUT2D eigenvalue weighted by Gasteiger charge is 2.35. The van der Waals surface area contributed by atoms with Crippen molar-refractivity contribution in [2.75, 3.05) is 57.5 Å². The average Bonchev–Trinajstić information content (AvgIpc) is 2.86. The summed E-state index contributed by atoms with van der Waals surface area (Å²) in [6.45, 7) is 7.81. The van der Waals surface area contributed by atoms with Crippen LogP contribution in [0.2, 0.25) is 5.02 Å². The highest BCUT2D eigenvalue weighted by molar-refractivity contribution is 6.34. The lowest BCUT2D eigenvalue weighted by atomic mass is 10.0. The smallest absolute Gasteiger partial charge is 0.418 e. The van der Waals surface area contributed by atoms with E-state index >= 15 is 0 Å². The number of fused-ring (bicyclic) bond motifs is 1. The number of pyridine rings is 1. The highest BCUT2D eigenvalue weighted by atomic mass is 35.5.